The first-order valence-electron chi connectivity index (χ1n) is 12.6. The van der Waals surface area contributed by atoms with Crippen molar-refractivity contribution >= 4 is 15.9 Å². The van der Waals surface area contributed by atoms with E-state index in [1.165, 1.54) is 6.26 Å². The fourth-order valence-electron chi connectivity index (χ4n) is 5.11. The molecule has 9 heteroatoms. The summed E-state index contributed by atoms with van der Waals surface area (Å²) in [4.78, 5) is 7.37. The van der Waals surface area contributed by atoms with Gasteiger partial charge in [-0.2, -0.15) is 9.65 Å². The van der Waals surface area contributed by atoms with E-state index in [-0.39, 0.29) is 11.7 Å². The number of hydrogen-bond donors (Lipinski definition) is 2. The van der Waals surface area contributed by atoms with Gasteiger partial charge in [-0.1, -0.05) is 28.5 Å². The highest BCUT2D eigenvalue weighted by molar-refractivity contribution is 7.97. The highest BCUT2D eigenvalue weighted by atomic mass is 32.3. The zero-order chi connectivity index (χ0) is 25.6. The number of piperidine rings is 1. The van der Waals surface area contributed by atoms with Crippen LogP contribution in [0, 0.1) is 0 Å². The Morgan fingerprint density at radius 3 is 2.65 bits per heavy atom. The summed E-state index contributed by atoms with van der Waals surface area (Å²) in [7, 11) is -3.05. The van der Waals surface area contributed by atoms with Crippen LogP contribution >= 0.6 is 0 Å². The van der Waals surface area contributed by atoms with Crippen LogP contribution < -0.4 is 4.74 Å². The molecule has 2 unspecified atom stereocenters. The molecule has 1 aliphatic heterocycles. The first-order chi connectivity index (χ1) is 17.8. The number of aromatic nitrogens is 3. The molecule has 1 aliphatic carbocycles. The van der Waals surface area contributed by atoms with E-state index >= 15 is 0 Å². The molecule has 2 atom stereocenters. The van der Waals surface area contributed by atoms with Gasteiger partial charge >= 0.3 is 0 Å². The quantitative estimate of drug-likeness (QED) is 0.349. The summed E-state index contributed by atoms with van der Waals surface area (Å²) >= 11 is 0. The molecule has 2 fully saturated rings. The van der Waals surface area contributed by atoms with Crippen molar-refractivity contribution in [1.82, 2.24) is 19.5 Å². The first-order valence-corrected chi connectivity index (χ1v) is 14.6. The SMILES string of the molecule is C[S+](=O)(O)c1cccc(-c2cnn3cc(-c4ccc(OC5(CN6CCCC(O)C6)CC5)cc4)cnc23)c1. The molecule has 2 aliphatic rings. The average molecular weight is 520 g/mol. The van der Waals surface area contributed by atoms with Crippen LogP contribution in [-0.2, 0) is 14.4 Å². The number of hydrogen-bond acceptors (Lipinski definition) is 6. The van der Waals surface area contributed by atoms with E-state index in [1.54, 1.807) is 28.9 Å². The Labute approximate surface area is 217 Å². The van der Waals surface area contributed by atoms with Crippen molar-refractivity contribution < 1.29 is 18.6 Å². The Morgan fingerprint density at radius 2 is 1.92 bits per heavy atom. The molecule has 3 heterocycles. The number of rotatable bonds is 7. The third-order valence-electron chi connectivity index (χ3n) is 7.26. The lowest BCUT2D eigenvalue weighted by Crippen LogP contribution is -2.44. The van der Waals surface area contributed by atoms with Crippen LogP contribution in [0.3, 0.4) is 0 Å². The second-order valence-corrected chi connectivity index (χ2v) is 12.4. The van der Waals surface area contributed by atoms with E-state index in [9.17, 15) is 13.9 Å². The zero-order valence-electron chi connectivity index (χ0n) is 20.8. The van der Waals surface area contributed by atoms with Gasteiger partial charge in [-0.25, -0.2) is 9.50 Å². The third-order valence-corrected chi connectivity index (χ3v) is 8.39. The second kappa shape index (κ2) is 9.33. The molecule has 2 aromatic heterocycles. The van der Waals surface area contributed by atoms with Crippen LogP contribution in [0.25, 0.3) is 27.9 Å². The van der Waals surface area contributed by atoms with Gasteiger partial charge in [-0.3, -0.25) is 4.90 Å². The monoisotopic (exact) mass is 519 g/mol. The lowest BCUT2D eigenvalue weighted by atomic mass is 10.1. The summed E-state index contributed by atoms with van der Waals surface area (Å²) in [6.45, 7) is 2.63. The van der Waals surface area contributed by atoms with Crippen molar-refractivity contribution in [2.24, 2.45) is 0 Å². The van der Waals surface area contributed by atoms with Gasteiger partial charge in [-0.15, -0.1) is 0 Å². The van der Waals surface area contributed by atoms with Crippen molar-refractivity contribution in [3.63, 3.8) is 0 Å². The Balaban J connectivity index is 1.18. The van der Waals surface area contributed by atoms with E-state index in [4.69, 9.17) is 4.74 Å². The zero-order valence-corrected chi connectivity index (χ0v) is 21.6. The smallest absolute Gasteiger partial charge is 0.244 e. The maximum absolute atomic E-state index is 12.1. The molecule has 37 heavy (non-hydrogen) atoms. The molecule has 1 saturated heterocycles. The van der Waals surface area contributed by atoms with Crippen LogP contribution in [0.15, 0.2) is 72.0 Å². The number of likely N-dealkylation sites (tertiary alicyclic amines) is 1. The maximum atomic E-state index is 12.1. The average Bonchev–Trinajstić information content (AvgIpc) is 3.49. The molecule has 1 saturated carbocycles. The largest absolute Gasteiger partial charge is 0.486 e. The molecule has 2 aromatic carbocycles. The Morgan fingerprint density at radius 1 is 1.11 bits per heavy atom. The van der Waals surface area contributed by atoms with Gasteiger partial charge in [0.15, 0.2) is 10.5 Å². The number of benzene rings is 2. The topological polar surface area (TPSA) is 100 Å². The van der Waals surface area contributed by atoms with Crippen LogP contribution in [0.1, 0.15) is 25.7 Å². The van der Waals surface area contributed by atoms with Crippen molar-refractivity contribution in [2.45, 2.75) is 42.3 Å². The molecule has 0 radical (unpaired) electrons. The fourth-order valence-corrected chi connectivity index (χ4v) is 5.78. The lowest BCUT2D eigenvalue weighted by molar-refractivity contribution is 0.0389. The van der Waals surface area contributed by atoms with Gasteiger partial charge in [-0.05, 0) is 61.6 Å². The molecular weight excluding hydrogens is 488 g/mol. The minimum Gasteiger partial charge on any atom is -0.486 e. The summed E-state index contributed by atoms with van der Waals surface area (Å²) in [6.07, 6.45) is 10.6. The van der Waals surface area contributed by atoms with Gasteiger partial charge in [0.05, 0.1) is 12.3 Å². The molecule has 0 amide bonds. The molecule has 192 valence electrons. The van der Waals surface area contributed by atoms with E-state index in [1.807, 2.05) is 42.7 Å². The molecule has 8 nitrogen and oxygen atoms in total. The number of ether oxygens (including phenoxy) is 1. The molecule has 0 bridgehead atoms. The molecule has 2 N–H and O–H groups in total. The number of aliphatic hydroxyl groups excluding tert-OH is 1. The second-order valence-electron chi connectivity index (χ2n) is 10.3. The number of aliphatic hydroxyl groups is 1. The lowest BCUT2D eigenvalue weighted by Gasteiger charge is -2.33. The van der Waals surface area contributed by atoms with Crippen LogP contribution in [0.4, 0.5) is 0 Å². The third kappa shape index (κ3) is 5.17. The normalized spacial score (nSPS) is 21.0. The number of fused-ring (bicyclic) bond motifs is 1. The fraction of sp³-hybridized carbons (Fsp3) is 0.357. The summed E-state index contributed by atoms with van der Waals surface area (Å²) in [5, 5.41) is 14.5. The summed E-state index contributed by atoms with van der Waals surface area (Å²) < 4.78 is 30.1. The van der Waals surface area contributed by atoms with E-state index < -0.39 is 10.2 Å². The predicted octanol–water partition coefficient (Wildman–Crippen LogP) is 4.39. The highest BCUT2D eigenvalue weighted by Crippen LogP contribution is 2.41. The van der Waals surface area contributed by atoms with Gasteiger partial charge in [0.2, 0.25) is 10.2 Å². The number of nitrogens with zero attached hydrogens (tertiary/aromatic N) is 4. The van der Waals surface area contributed by atoms with Crippen LogP contribution in [0.5, 0.6) is 5.75 Å². The van der Waals surface area contributed by atoms with E-state index in [0.717, 1.165) is 73.3 Å². The minimum absolute atomic E-state index is 0.136. The van der Waals surface area contributed by atoms with Gasteiger partial charge in [0.25, 0.3) is 0 Å². The maximum Gasteiger partial charge on any atom is 0.244 e. The van der Waals surface area contributed by atoms with Gasteiger partial charge in [0, 0.05) is 42.7 Å². The standard InChI is InChI=1S/C28H30N4O4S/c1-37(34,35)25-6-2-4-21(14-25)26-16-30-32-17-22(15-29-27(26)32)20-7-9-24(10-8-20)36-28(11-12-28)19-31-13-3-5-23(33)18-31/h2,4,6-10,14-17,23,33H,3,5,11-13,18-19H2,1H3/p+1. The Hall–Kier alpha value is -3.11. The summed E-state index contributed by atoms with van der Waals surface area (Å²) in [6, 6.07) is 15.1. The Kier molecular flexibility index (Phi) is 6.11. The highest BCUT2D eigenvalue weighted by Gasteiger charge is 2.47. The summed E-state index contributed by atoms with van der Waals surface area (Å²) in [5.41, 5.74) is 4.08. The van der Waals surface area contributed by atoms with E-state index in [2.05, 4.69) is 15.0 Å². The van der Waals surface area contributed by atoms with E-state index in [0.29, 0.717) is 10.5 Å². The van der Waals surface area contributed by atoms with Crippen molar-refractivity contribution in [3.05, 3.63) is 67.1 Å². The Bertz CT molecular complexity index is 1480. The summed E-state index contributed by atoms with van der Waals surface area (Å²) in [5.74, 6) is 0.852. The van der Waals surface area contributed by atoms with Crippen molar-refractivity contribution in [2.75, 3.05) is 25.9 Å². The first kappa shape index (κ1) is 24.2. The molecule has 4 aromatic rings. The number of β-amino-alcohol motifs (C(OH)–C–C–N with tert-alkyl or cyclic N) is 1. The van der Waals surface area contributed by atoms with Crippen LogP contribution in [-0.4, -0.2) is 66.8 Å². The predicted molar refractivity (Wildman–Crippen MR) is 143 cm³/mol. The van der Waals surface area contributed by atoms with Gasteiger partial charge in [0.1, 0.15) is 17.6 Å². The van der Waals surface area contributed by atoms with Crippen LogP contribution in [0.2, 0.25) is 0 Å². The molecule has 6 rings (SSSR count). The minimum atomic E-state index is -3.05. The van der Waals surface area contributed by atoms with Gasteiger partial charge < -0.3 is 9.84 Å². The van der Waals surface area contributed by atoms with Crippen molar-refractivity contribution in [1.29, 1.82) is 0 Å². The molecular formula is C28H31N4O4S+. The van der Waals surface area contributed by atoms with Crippen molar-refractivity contribution in [3.8, 4) is 28.0 Å². The molecule has 0 spiro atoms.